The van der Waals surface area contributed by atoms with Crippen LogP contribution in [0, 0.1) is 11.7 Å². The van der Waals surface area contributed by atoms with Gasteiger partial charge in [-0.3, -0.25) is 4.79 Å². The third kappa shape index (κ3) is 4.38. The van der Waals surface area contributed by atoms with E-state index in [1.807, 2.05) is 30.3 Å². The van der Waals surface area contributed by atoms with Gasteiger partial charge in [0.1, 0.15) is 18.5 Å². The molecule has 0 bridgehead atoms. The van der Waals surface area contributed by atoms with E-state index in [1.54, 1.807) is 12.1 Å². The van der Waals surface area contributed by atoms with Crippen molar-refractivity contribution >= 4 is 12.0 Å². The summed E-state index contributed by atoms with van der Waals surface area (Å²) in [6.07, 6.45) is 2.19. The summed E-state index contributed by atoms with van der Waals surface area (Å²) < 4.78 is 18.7. The molecule has 2 amide bonds. The van der Waals surface area contributed by atoms with Gasteiger partial charge in [-0.1, -0.05) is 42.5 Å². The minimum absolute atomic E-state index is 0.143. The van der Waals surface area contributed by atoms with Crippen LogP contribution in [0.2, 0.25) is 0 Å². The number of amides is 2. The number of carbonyl (C=O) groups is 2. The molecule has 158 valence electrons. The van der Waals surface area contributed by atoms with Crippen LogP contribution in [0.1, 0.15) is 55.2 Å². The van der Waals surface area contributed by atoms with Gasteiger partial charge in [-0.05, 0) is 60.8 Å². The molecular formula is C24H26FNO4. The van der Waals surface area contributed by atoms with Crippen LogP contribution in [-0.4, -0.2) is 34.7 Å². The van der Waals surface area contributed by atoms with Crippen LogP contribution in [0.25, 0.3) is 0 Å². The molecule has 5 nitrogen and oxygen atoms in total. The Morgan fingerprint density at radius 1 is 1.07 bits per heavy atom. The number of rotatable bonds is 5. The number of carbonyl (C=O) groups excluding carboxylic acids is 2. The molecule has 1 aliphatic heterocycles. The van der Waals surface area contributed by atoms with Gasteiger partial charge in [0.15, 0.2) is 0 Å². The van der Waals surface area contributed by atoms with E-state index in [1.165, 1.54) is 17.0 Å². The van der Waals surface area contributed by atoms with Crippen molar-refractivity contribution in [2.24, 2.45) is 5.92 Å². The van der Waals surface area contributed by atoms with Crippen molar-refractivity contribution in [2.75, 3.05) is 6.61 Å². The van der Waals surface area contributed by atoms with Gasteiger partial charge in [0.25, 0.3) is 0 Å². The lowest BCUT2D eigenvalue weighted by molar-refractivity contribution is -0.130. The Balaban J connectivity index is 1.57. The summed E-state index contributed by atoms with van der Waals surface area (Å²) in [5.74, 6) is -0.561. The Kier molecular flexibility index (Phi) is 6.13. The van der Waals surface area contributed by atoms with E-state index in [4.69, 9.17) is 4.74 Å². The predicted molar refractivity (Wildman–Crippen MR) is 109 cm³/mol. The van der Waals surface area contributed by atoms with E-state index in [2.05, 4.69) is 0 Å². The lowest BCUT2D eigenvalue weighted by atomic mass is 9.74. The number of hydrogen-bond acceptors (Lipinski definition) is 4. The summed E-state index contributed by atoms with van der Waals surface area (Å²) in [5, 5.41) is 9.88. The van der Waals surface area contributed by atoms with Crippen molar-refractivity contribution in [3.05, 3.63) is 71.5 Å². The summed E-state index contributed by atoms with van der Waals surface area (Å²) >= 11 is 0. The minimum atomic E-state index is -0.620. The number of benzene rings is 2. The summed E-state index contributed by atoms with van der Waals surface area (Å²) in [4.78, 5) is 26.9. The number of imide groups is 1. The second kappa shape index (κ2) is 8.96. The van der Waals surface area contributed by atoms with Crippen LogP contribution in [-0.2, 0) is 9.53 Å². The smallest absolute Gasteiger partial charge is 0.417 e. The van der Waals surface area contributed by atoms with E-state index in [0.29, 0.717) is 12.8 Å². The van der Waals surface area contributed by atoms with Gasteiger partial charge < -0.3 is 9.84 Å². The van der Waals surface area contributed by atoms with Gasteiger partial charge in [-0.15, -0.1) is 0 Å². The maximum atomic E-state index is 13.5. The van der Waals surface area contributed by atoms with Crippen molar-refractivity contribution in [1.82, 2.24) is 4.90 Å². The van der Waals surface area contributed by atoms with E-state index in [0.717, 1.165) is 24.0 Å². The first-order valence-corrected chi connectivity index (χ1v) is 10.5. The zero-order valence-electron chi connectivity index (χ0n) is 16.7. The average molecular weight is 411 g/mol. The molecular weight excluding hydrogens is 385 g/mol. The van der Waals surface area contributed by atoms with Crippen molar-refractivity contribution in [3.8, 4) is 0 Å². The molecule has 30 heavy (non-hydrogen) atoms. The summed E-state index contributed by atoms with van der Waals surface area (Å²) in [6, 6.07) is 15.2. The molecule has 2 fully saturated rings. The first kappa shape index (κ1) is 20.5. The van der Waals surface area contributed by atoms with E-state index in [9.17, 15) is 19.1 Å². The number of halogens is 1. The molecule has 0 spiro atoms. The van der Waals surface area contributed by atoms with Crippen LogP contribution in [0.5, 0.6) is 0 Å². The molecule has 2 aliphatic rings. The van der Waals surface area contributed by atoms with Gasteiger partial charge in [-0.25, -0.2) is 14.1 Å². The van der Waals surface area contributed by atoms with Crippen LogP contribution in [0.4, 0.5) is 9.18 Å². The Morgan fingerprint density at radius 2 is 1.73 bits per heavy atom. The number of aliphatic hydroxyl groups is 1. The molecule has 0 radical (unpaired) electrons. The van der Waals surface area contributed by atoms with E-state index < -0.39 is 12.1 Å². The Bertz CT molecular complexity index is 878. The van der Waals surface area contributed by atoms with Crippen molar-refractivity contribution in [3.63, 3.8) is 0 Å². The van der Waals surface area contributed by atoms with Crippen molar-refractivity contribution in [1.29, 1.82) is 0 Å². The second-order valence-corrected chi connectivity index (χ2v) is 8.20. The fourth-order valence-electron chi connectivity index (χ4n) is 4.67. The third-order valence-corrected chi connectivity index (χ3v) is 6.33. The van der Waals surface area contributed by atoms with Gasteiger partial charge in [0.2, 0.25) is 5.91 Å². The number of hydrogen-bond donors (Lipinski definition) is 1. The lowest BCUT2D eigenvalue weighted by Gasteiger charge is -2.33. The maximum Gasteiger partial charge on any atom is 0.417 e. The van der Waals surface area contributed by atoms with Gasteiger partial charge in [0, 0.05) is 6.42 Å². The fourth-order valence-corrected chi connectivity index (χ4v) is 4.67. The number of aliphatic hydroxyl groups excluding tert-OH is 1. The van der Waals surface area contributed by atoms with E-state index >= 15 is 0 Å². The fraction of sp³-hybridized carbons (Fsp3) is 0.417. The SMILES string of the molecule is O=C(C[C@@H](c1ccc(F)cc1)[C@H]1CC[C@H](O)CC1)N1C(=O)OC[C@@H]1c1ccccc1. The predicted octanol–water partition coefficient (Wildman–Crippen LogP) is 4.57. The number of cyclic esters (lactones) is 1. The monoisotopic (exact) mass is 411 g/mol. The molecule has 1 heterocycles. The Hall–Kier alpha value is -2.73. The summed E-state index contributed by atoms with van der Waals surface area (Å²) in [6.45, 7) is 0.144. The van der Waals surface area contributed by atoms with Gasteiger partial charge in [0.05, 0.1) is 6.10 Å². The molecule has 4 rings (SSSR count). The van der Waals surface area contributed by atoms with Gasteiger partial charge in [-0.2, -0.15) is 0 Å². The molecule has 6 heteroatoms. The molecule has 1 aliphatic carbocycles. The molecule has 2 atom stereocenters. The Morgan fingerprint density at radius 3 is 2.40 bits per heavy atom. The van der Waals surface area contributed by atoms with E-state index in [-0.39, 0.29) is 42.7 Å². The minimum Gasteiger partial charge on any atom is -0.446 e. The topological polar surface area (TPSA) is 66.8 Å². The molecule has 1 saturated heterocycles. The largest absolute Gasteiger partial charge is 0.446 e. The Labute approximate surface area is 175 Å². The van der Waals surface area contributed by atoms with Crippen molar-refractivity contribution < 1.29 is 23.8 Å². The standard InChI is InChI=1S/C24H26FNO4/c25-19-10-6-16(7-11-19)21(17-8-12-20(27)13-9-17)14-23(28)26-22(15-30-24(26)29)18-4-2-1-3-5-18/h1-7,10-11,17,20-22,27H,8-9,12-15H2/t17-,20-,21-,22+/m0/s1. The van der Waals surface area contributed by atoms with Crippen LogP contribution in [0.3, 0.4) is 0 Å². The summed E-state index contributed by atoms with van der Waals surface area (Å²) in [7, 11) is 0. The van der Waals surface area contributed by atoms with Gasteiger partial charge >= 0.3 is 6.09 Å². The molecule has 1 saturated carbocycles. The highest BCUT2D eigenvalue weighted by Gasteiger charge is 2.40. The second-order valence-electron chi connectivity index (χ2n) is 8.20. The van der Waals surface area contributed by atoms with Crippen molar-refractivity contribution in [2.45, 2.75) is 50.2 Å². The van der Waals surface area contributed by atoms with Crippen LogP contribution in [0.15, 0.2) is 54.6 Å². The zero-order valence-corrected chi connectivity index (χ0v) is 16.7. The maximum absolute atomic E-state index is 13.5. The average Bonchev–Trinajstić information content (AvgIpc) is 3.15. The highest BCUT2D eigenvalue weighted by atomic mass is 19.1. The first-order chi connectivity index (χ1) is 14.5. The highest BCUT2D eigenvalue weighted by molar-refractivity contribution is 5.94. The zero-order chi connectivity index (χ0) is 21.1. The third-order valence-electron chi connectivity index (χ3n) is 6.33. The quantitative estimate of drug-likeness (QED) is 0.783. The molecule has 2 aromatic rings. The molecule has 1 N–H and O–H groups in total. The summed E-state index contributed by atoms with van der Waals surface area (Å²) in [5.41, 5.74) is 1.74. The molecule has 0 unspecified atom stereocenters. The normalized spacial score (nSPS) is 25.1. The highest BCUT2D eigenvalue weighted by Crippen LogP contribution is 2.40. The van der Waals surface area contributed by atoms with Crippen LogP contribution >= 0.6 is 0 Å². The first-order valence-electron chi connectivity index (χ1n) is 10.5. The number of ether oxygens (including phenoxy) is 1. The molecule has 0 aromatic heterocycles. The number of nitrogens with zero attached hydrogens (tertiary/aromatic N) is 1. The molecule has 2 aromatic carbocycles. The van der Waals surface area contributed by atoms with Crippen LogP contribution < -0.4 is 0 Å². The lowest BCUT2D eigenvalue weighted by Crippen LogP contribution is -2.36.